The van der Waals surface area contributed by atoms with E-state index in [1.165, 1.54) is 0 Å². The quantitative estimate of drug-likeness (QED) is 0.443. The Labute approximate surface area is 168 Å². The number of para-hydroxylation sites is 2. The van der Waals surface area contributed by atoms with E-state index >= 15 is 0 Å². The van der Waals surface area contributed by atoms with Crippen molar-refractivity contribution in [2.24, 2.45) is 0 Å². The third kappa shape index (κ3) is 3.07. The van der Waals surface area contributed by atoms with Gasteiger partial charge in [-0.1, -0.05) is 48.5 Å². The van der Waals surface area contributed by atoms with Gasteiger partial charge >= 0.3 is 7.12 Å². The van der Waals surface area contributed by atoms with E-state index < -0.39 is 7.12 Å². The molecular formula is C24H18BNO3. The van der Waals surface area contributed by atoms with Crippen LogP contribution in [0.5, 0.6) is 0 Å². The minimum atomic E-state index is -1.55. The van der Waals surface area contributed by atoms with Gasteiger partial charge in [-0.05, 0) is 47.9 Å². The Morgan fingerprint density at radius 3 is 1.90 bits per heavy atom. The van der Waals surface area contributed by atoms with Crippen molar-refractivity contribution in [3.8, 4) is 0 Å². The van der Waals surface area contributed by atoms with Gasteiger partial charge in [-0.2, -0.15) is 0 Å². The van der Waals surface area contributed by atoms with Crippen molar-refractivity contribution >= 4 is 51.6 Å². The Morgan fingerprint density at radius 2 is 1.28 bits per heavy atom. The monoisotopic (exact) mass is 379 g/mol. The first-order valence-corrected chi connectivity index (χ1v) is 9.44. The van der Waals surface area contributed by atoms with Crippen LogP contribution in [-0.4, -0.2) is 17.2 Å². The normalized spacial score (nSPS) is 11.1. The highest BCUT2D eigenvalue weighted by Gasteiger charge is 2.20. The maximum Gasteiger partial charge on any atom is 0.489 e. The van der Waals surface area contributed by atoms with E-state index in [1.54, 1.807) is 12.1 Å². The summed E-state index contributed by atoms with van der Waals surface area (Å²) in [6.07, 6.45) is 0. The Balaban J connectivity index is 1.72. The molecule has 29 heavy (non-hydrogen) atoms. The van der Waals surface area contributed by atoms with Crippen molar-refractivity contribution in [3.63, 3.8) is 0 Å². The fourth-order valence-electron chi connectivity index (χ4n) is 3.80. The van der Waals surface area contributed by atoms with E-state index in [2.05, 4.69) is 29.2 Å². The van der Waals surface area contributed by atoms with Gasteiger partial charge in [-0.3, -0.25) is 0 Å². The van der Waals surface area contributed by atoms with Crippen LogP contribution in [0.25, 0.3) is 21.9 Å². The number of rotatable bonds is 4. The van der Waals surface area contributed by atoms with Gasteiger partial charge in [-0.15, -0.1) is 0 Å². The summed E-state index contributed by atoms with van der Waals surface area (Å²) in [4.78, 5) is 2.16. The van der Waals surface area contributed by atoms with Crippen LogP contribution in [0.3, 0.4) is 0 Å². The van der Waals surface area contributed by atoms with E-state index in [1.807, 2.05) is 60.7 Å². The Bertz CT molecular complexity index is 1240. The van der Waals surface area contributed by atoms with E-state index in [4.69, 9.17) is 4.42 Å². The van der Waals surface area contributed by atoms with Gasteiger partial charge in [0.1, 0.15) is 11.2 Å². The van der Waals surface area contributed by atoms with Crippen LogP contribution in [-0.2, 0) is 0 Å². The minimum Gasteiger partial charge on any atom is -0.456 e. The zero-order chi connectivity index (χ0) is 19.8. The Kier molecular flexibility index (Phi) is 4.32. The van der Waals surface area contributed by atoms with Crippen LogP contribution in [0.2, 0.25) is 0 Å². The van der Waals surface area contributed by atoms with Crippen molar-refractivity contribution in [3.05, 3.63) is 97.1 Å². The molecule has 1 heterocycles. The maximum atomic E-state index is 9.75. The molecule has 5 aromatic rings. The van der Waals surface area contributed by atoms with E-state index in [-0.39, 0.29) is 0 Å². The summed E-state index contributed by atoms with van der Waals surface area (Å²) in [5.74, 6) is 0. The summed E-state index contributed by atoms with van der Waals surface area (Å²) in [6, 6.07) is 31.6. The third-order valence-corrected chi connectivity index (χ3v) is 5.08. The molecule has 4 nitrogen and oxygen atoms in total. The summed E-state index contributed by atoms with van der Waals surface area (Å²) >= 11 is 0. The average molecular weight is 379 g/mol. The van der Waals surface area contributed by atoms with Crippen molar-refractivity contribution in [1.29, 1.82) is 0 Å². The van der Waals surface area contributed by atoms with Gasteiger partial charge in [0, 0.05) is 33.9 Å². The lowest BCUT2D eigenvalue weighted by molar-refractivity contribution is 0.426. The fourth-order valence-corrected chi connectivity index (χ4v) is 3.80. The summed E-state index contributed by atoms with van der Waals surface area (Å²) in [5.41, 5.74) is 4.81. The molecule has 0 saturated heterocycles. The number of fused-ring (bicyclic) bond motifs is 3. The van der Waals surface area contributed by atoms with Crippen LogP contribution >= 0.6 is 0 Å². The summed E-state index contributed by atoms with van der Waals surface area (Å²) in [6.45, 7) is 0. The van der Waals surface area contributed by atoms with Gasteiger partial charge < -0.3 is 19.4 Å². The van der Waals surface area contributed by atoms with Gasteiger partial charge in [-0.25, -0.2) is 0 Å². The highest BCUT2D eigenvalue weighted by atomic mass is 16.4. The Morgan fingerprint density at radius 1 is 0.621 bits per heavy atom. The molecule has 4 aromatic carbocycles. The van der Waals surface area contributed by atoms with Gasteiger partial charge in [0.15, 0.2) is 0 Å². The minimum absolute atomic E-state index is 0.442. The smallest absolute Gasteiger partial charge is 0.456 e. The summed E-state index contributed by atoms with van der Waals surface area (Å²) in [5, 5.41) is 21.1. The van der Waals surface area contributed by atoms with Gasteiger partial charge in [0.2, 0.25) is 0 Å². The third-order valence-electron chi connectivity index (χ3n) is 5.08. The predicted octanol–water partition coefficient (Wildman–Crippen LogP) is 4.74. The van der Waals surface area contributed by atoms with Gasteiger partial charge in [0.05, 0.1) is 0 Å². The molecule has 0 amide bonds. The van der Waals surface area contributed by atoms with Crippen LogP contribution < -0.4 is 10.4 Å². The average Bonchev–Trinajstić information content (AvgIpc) is 3.13. The topological polar surface area (TPSA) is 56.8 Å². The van der Waals surface area contributed by atoms with Crippen molar-refractivity contribution in [1.82, 2.24) is 0 Å². The molecular weight excluding hydrogens is 361 g/mol. The van der Waals surface area contributed by atoms with Crippen LogP contribution in [0, 0.1) is 0 Å². The first-order chi connectivity index (χ1) is 14.2. The first-order valence-electron chi connectivity index (χ1n) is 9.44. The van der Waals surface area contributed by atoms with Crippen molar-refractivity contribution in [2.75, 3.05) is 4.90 Å². The largest absolute Gasteiger partial charge is 0.489 e. The lowest BCUT2D eigenvalue weighted by Crippen LogP contribution is -2.30. The fraction of sp³-hybridized carbons (Fsp3) is 0. The lowest BCUT2D eigenvalue weighted by atomic mass is 9.77. The molecule has 0 aliphatic carbocycles. The molecule has 5 heteroatoms. The molecule has 0 aliphatic heterocycles. The summed E-state index contributed by atoms with van der Waals surface area (Å²) < 4.78 is 6.06. The second-order valence-corrected chi connectivity index (χ2v) is 6.88. The lowest BCUT2D eigenvalue weighted by Gasteiger charge is -2.25. The van der Waals surface area contributed by atoms with Crippen LogP contribution in [0.15, 0.2) is 101 Å². The molecule has 1 aromatic heterocycles. The number of anilines is 3. The number of benzene rings is 4. The Hall–Kier alpha value is -3.54. The molecule has 0 unspecified atom stereocenters. The highest BCUT2D eigenvalue weighted by Crippen LogP contribution is 2.37. The van der Waals surface area contributed by atoms with E-state index in [0.717, 1.165) is 27.8 Å². The highest BCUT2D eigenvalue weighted by molar-refractivity contribution is 6.62. The zero-order valence-corrected chi connectivity index (χ0v) is 15.6. The molecule has 5 rings (SSSR count). The van der Waals surface area contributed by atoms with Crippen molar-refractivity contribution in [2.45, 2.75) is 0 Å². The van der Waals surface area contributed by atoms with Gasteiger partial charge in [0.25, 0.3) is 0 Å². The molecule has 140 valence electrons. The predicted molar refractivity (Wildman–Crippen MR) is 118 cm³/mol. The van der Waals surface area contributed by atoms with Crippen LogP contribution in [0.4, 0.5) is 17.1 Å². The van der Waals surface area contributed by atoms with Crippen LogP contribution in [0.1, 0.15) is 0 Å². The zero-order valence-electron chi connectivity index (χ0n) is 15.6. The van der Waals surface area contributed by atoms with E-state index in [0.29, 0.717) is 16.6 Å². The number of hydrogen-bond donors (Lipinski definition) is 2. The SMILES string of the molecule is OB(O)c1cccc2oc3cc(N(c4ccccc4)c4ccccc4)ccc3c12. The molecule has 0 atom stereocenters. The maximum absolute atomic E-state index is 9.75. The molecule has 0 aliphatic rings. The first kappa shape index (κ1) is 17.6. The molecule has 0 radical (unpaired) electrons. The number of hydrogen-bond acceptors (Lipinski definition) is 4. The number of nitrogens with zero attached hydrogens (tertiary/aromatic N) is 1. The molecule has 0 fully saturated rings. The number of furan rings is 1. The molecule has 0 bridgehead atoms. The second-order valence-electron chi connectivity index (χ2n) is 6.88. The van der Waals surface area contributed by atoms with Crippen molar-refractivity contribution < 1.29 is 14.5 Å². The second kappa shape index (κ2) is 7.13. The standard InChI is InChI=1S/C24H18BNO3/c27-25(28)21-12-7-13-22-24(21)20-15-14-19(16-23(20)29-22)26(17-8-3-1-4-9-17)18-10-5-2-6-11-18/h1-16,27-28H. The molecule has 0 spiro atoms. The molecule has 2 N–H and O–H groups in total. The summed E-state index contributed by atoms with van der Waals surface area (Å²) in [7, 11) is -1.55. The van der Waals surface area contributed by atoms with E-state index in [9.17, 15) is 10.0 Å². The molecule has 0 saturated carbocycles.